The Morgan fingerprint density at radius 1 is 1.28 bits per heavy atom. The molecule has 2 fully saturated rings. The zero-order chi connectivity index (χ0) is 17.8. The van der Waals surface area contributed by atoms with Gasteiger partial charge in [-0.25, -0.2) is 9.97 Å². The number of hydrogen-bond acceptors (Lipinski definition) is 5. The average Bonchev–Trinajstić information content (AvgIpc) is 3.34. The first-order chi connectivity index (χ1) is 11.9. The van der Waals surface area contributed by atoms with Crippen LogP contribution in [-0.4, -0.2) is 36.9 Å². The van der Waals surface area contributed by atoms with E-state index in [1.807, 2.05) is 6.92 Å². The second-order valence-electron chi connectivity index (χ2n) is 7.28. The molecule has 2 heterocycles. The summed E-state index contributed by atoms with van der Waals surface area (Å²) < 4.78 is 17.5. The first kappa shape index (κ1) is 17.2. The van der Waals surface area contributed by atoms with Crippen molar-refractivity contribution in [3.8, 4) is 5.88 Å². The molecular formula is C18H21ClN2O3S. The predicted molar refractivity (Wildman–Crippen MR) is 98.3 cm³/mol. The number of nitrogens with zero attached hydrogens (tertiary/aromatic N) is 2. The highest BCUT2D eigenvalue weighted by Crippen LogP contribution is 2.47. The molecule has 134 valence electrons. The summed E-state index contributed by atoms with van der Waals surface area (Å²) in [4.78, 5) is 8.62. The van der Waals surface area contributed by atoms with Crippen LogP contribution in [0, 0.1) is 5.92 Å². The second-order valence-corrected chi connectivity index (χ2v) is 9.33. The Hall–Kier alpha value is -1.24. The molecule has 2 aliphatic rings. The van der Waals surface area contributed by atoms with Gasteiger partial charge in [0.25, 0.3) is 0 Å². The van der Waals surface area contributed by atoms with Gasteiger partial charge < -0.3 is 9.84 Å². The zero-order valence-electron chi connectivity index (χ0n) is 14.2. The van der Waals surface area contributed by atoms with Gasteiger partial charge in [-0.05, 0) is 50.0 Å². The van der Waals surface area contributed by atoms with Gasteiger partial charge in [-0.3, -0.25) is 4.21 Å². The Balaban J connectivity index is 1.69. The molecule has 0 aromatic carbocycles. The molecule has 0 radical (unpaired) electrons. The van der Waals surface area contributed by atoms with Crippen molar-refractivity contribution in [3.05, 3.63) is 29.2 Å². The van der Waals surface area contributed by atoms with Gasteiger partial charge >= 0.3 is 0 Å². The number of fused-ring (bicyclic) bond motifs is 1. The summed E-state index contributed by atoms with van der Waals surface area (Å²) in [6.07, 6.45) is 8.68. The number of aromatic nitrogens is 2. The maximum atomic E-state index is 11.5. The highest BCUT2D eigenvalue weighted by atomic mass is 35.5. The standard InChI is InChI=1S/C18H21ClN2O3S/c1-18(22,10-3-4-10)15-9-21-17(14-8-20-16(19)7-13(14)15)24-11-5-12(6-11)25(2)23/h7-12,22H,3-6H2,1-2H3. The molecule has 2 atom stereocenters. The van der Waals surface area contributed by atoms with E-state index in [9.17, 15) is 9.32 Å². The van der Waals surface area contributed by atoms with Gasteiger partial charge in [-0.2, -0.15) is 0 Å². The van der Waals surface area contributed by atoms with Crippen LogP contribution < -0.4 is 4.74 Å². The summed E-state index contributed by atoms with van der Waals surface area (Å²) in [6, 6.07) is 1.77. The van der Waals surface area contributed by atoms with E-state index in [4.69, 9.17) is 16.3 Å². The molecule has 2 aliphatic carbocycles. The van der Waals surface area contributed by atoms with E-state index >= 15 is 0 Å². The molecule has 2 saturated carbocycles. The molecule has 0 spiro atoms. The molecule has 7 heteroatoms. The smallest absolute Gasteiger partial charge is 0.223 e. The predicted octanol–water partition coefficient (Wildman–Crippen LogP) is 3.19. The van der Waals surface area contributed by atoms with Crippen molar-refractivity contribution in [2.24, 2.45) is 5.92 Å². The van der Waals surface area contributed by atoms with Gasteiger partial charge in [0.05, 0.1) is 11.0 Å². The Labute approximate surface area is 154 Å². The van der Waals surface area contributed by atoms with Crippen molar-refractivity contribution >= 4 is 33.2 Å². The Kier molecular flexibility index (Phi) is 4.25. The van der Waals surface area contributed by atoms with Crippen molar-refractivity contribution in [2.45, 2.75) is 49.6 Å². The van der Waals surface area contributed by atoms with Gasteiger partial charge in [0.2, 0.25) is 5.88 Å². The van der Waals surface area contributed by atoms with Gasteiger partial charge in [0.1, 0.15) is 11.3 Å². The van der Waals surface area contributed by atoms with Crippen LogP contribution in [0.2, 0.25) is 5.15 Å². The summed E-state index contributed by atoms with van der Waals surface area (Å²) in [5.74, 6) is 0.753. The lowest BCUT2D eigenvalue weighted by molar-refractivity contribution is 0.0341. The molecular weight excluding hydrogens is 360 g/mol. The number of ether oxygens (including phenoxy) is 1. The molecule has 5 nitrogen and oxygen atoms in total. The fourth-order valence-corrected chi connectivity index (χ4v) is 4.62. The molecule has 0 amide bonds. The third-order valence-corrected chi connectivity index (χ3v) is 6.95. The average molecular weight is 381 g/mol. The Bertz CT molecular complexity index is 848. The monoisotopic (exact) mass is 380 g/mol. The molecule has 0 aliphatic heterocycles. The van der Waals surface area contributed by atoms with Gasteiger partial charge in [-0.1, -0.05) is 11.6 Å². The van der Waals surface area contributed by atoms with Gasteiger partial charge in [0, 0.05) is 40.3 Å². The molecule has 2 unspecified atom stereocenters. The summed E-state index contributed by atoms with van der Waals surface area (Å²) in [6.45, 7) is 1.84. The van der Waals surface area contributed by atoms with Crippen LogP contribution in [-0.2, 0) is 16.4 Å². The number of pyridine rings is 2. The van der Waals surface area contributed by atoms with E-state index in [2.05, 4.69) is 9.97 Å². The van der Waals surface area contributed by atoms with Crippen molar-refractivity contribution in [1.29, 1.82) is 0 Å². The van der Waals surface area contributed by atoms with Crippen LogP contribution in [0.4, 0.5) is 0 Å². The third-order valence-electron chi connectivity index (χ3n) is 5.42. The third kappa shape index (κ3) is 3.15. The topological polar surface area (TPSA) is 72.3 Å². The van der Waals surface area contributed by atoms with Gasteiger partial charge in [-0.15, -0.1) is 0 Å². The molecule has 25 heavy (non-hydrogen) atoms. The van der Waals surface area contributed by atoms with Crippen molar-refractivity contribution in [1.82, 2.24) is 9.97 Å². The first-order valence-corrected chi connectivity index (χ1v) is 10.5. The summed E-state index contributed by atoms with van der Waals surface area (Å²) in [7, 11) is -0.809. The van der Waals surface area contributed by atoms with Crippen molar-refractivity contribution in [3.63, 3.8) is 0 Å². The maximum absolute atomic E-state index is 11.5. The van der Waals surface area contributed by atoms with Gasteiger partial charge in [0.15, 0.2) is 0 Å². The van der Waals surface area contributed by atoms with Crippen molar-refractivity contribution < 1.29 is 14.1 Å². The highest BCUT2D eigenvalue weighted by molar-refractivity contribution is 7.84. The summed E-state index contributed by atoms with van der Waals surface area (Å²) >= 11 is 6.10. The first-order valence-electron chi connectivity index (χ1n) is 8.52. The lowest BCUT2D eigenvalue weighted by Gasteiger charge is -2.34. The maximum Gasteiger partial charge on any atom is 0.223 e. The van der Waals surface area contributed by atoms with E-state index in [1.54, 1.807) is 24.7 Å². The SMILES string of the molecule is CS(=O)C1CC(Oc2ncc(C(C)(O)C3CC3)c3cc(Cl)ncc23)C1. The number of hydrogen-bond donors (Lipinski definition) is 1. The van der Waals surface area contributed by atoms with E-state index in [1.165, 1.54) is 0 Å². The molecule has 1 N–H and O–H groups in total. The van der Waals surface area contributed by atoms with Crippen LogP contribution in [0.1, 0.15) is 38.2 Å². The van der Waals surface area contributed by atoms with Crippen molar-refractivity contribution in [2.75, 3.05) is 6.26 Å². The molecule has 0 bridgehead atoms. The quantitative estimate of drug-likeness (QED) is 0.806. The fourth-order valence-electron chi connectivity index (χ4n) is 3.49. The molecule has 4 rings (SSSR count). The highest BCUT2D eigenvalue weighted by Gasteiger charge is 2.42. The van der Waals surface area contributed by atoms with Crippen LogP contribution in [0.25, 0.3) is 10.8 Å². The zero-order valence-corrected chi connectivity index (χ0v) is 15.8. The molecule has 2 aromatic rings. The van der Waals surface area contributed by atoms with E-state index < -0.39 is 16.4 Å². The van der Waals surface area contributed by atoms with E-state index in [-0.39, 0.29) is 17.3 Å². The number of halogens is 1. The minimum Gasteiger partial charge on any atom is -0.474 e. The summed E-state index contributed by atoms with van der Waals surface area (Å²) in [5, 5.41) is 13.1. The summed E-state index contributed by atoms with van der Waals surface area (Å²) in [5.41, 5.74) is -0.169. The Morgan fingerprint density at radius 3 is 2.64 bits per heavy atom. The fraction of sp³-hybridized carbons (Fsp3) is 0.556. The Morgan fingerprint density at radius 2 is 2.00 bits per heavy atom. The molecule has 2 aromatic heterocycles. The lowest BCUT2D eigenvalue weighted by atomic mass is 9.89. The largest absolute Gasteiger partial charge is 0.474 e. The number of aliphatic hydroxyl groups is 1. The number of rotatable bonds is 5. The normalized spacial score (nSPS) is 26.7. The molecule has 0 saturated heterocycles. The second kappa shape index (κ2) is 6.18. The minimum absolute atomic E-state index is 0.0232. The van der Waals surface area contributed by atoms with E-state index in [0.29, 0.717) is 11.0 Å². The van der Waals surface area contributed by atoms with Crippen LogP contribution >= 0.6 is 11.6 Å². The van der Waals surface area contributed by atoms with Crippen LogP contribution in [0.15, 0.2) is 18.5 Å². The minimum atomic E-state index is -0.935. The van der Waals surface area contributed by atoms with E-state index in [0.717, 1.165) is 42.0 Å². The van der Waals surface area contributed by atoms with Crippen LogP contribution in [0.3, 0.4) is 0 Å². The van der Waals surface area contributed by atoms with Crippen LogP contribution in [0.5, 0.6) is 5.88 Å². The lowest BCUT2D eigenvalue weighted by Crippen LogP contribution is -2.40.